The molecule has 0 amide bonds. The van der Waals surface area contributed by atoms with Crippen LogP contribution in [-0.4, -0.2) is 4.98 Å². The van der Waals surface area contributed by atoms with Crippen molar-refractivity contribution in [2.45, 2.75) is 26.2 Å². The number of hydrogen-bond acceptors (Lipinski definition) is 1. The van der Waals surface area contributed by atoms with E-state index >= 15 is 0 Å². The van der Waals surface area contributed by atoms with Crippen LogP contribution in [0.2, 0.25) is 5.02 Å². The summed E-state index contributed by atoms with van der Waals surface area (Å²) in [6.45, 7) is 5.96. The first kappa shape index (κ1) is 9.46. The summed E-state index contributed by atoms with van der Waals surface area (Å²) in [6.07, 6.45) is 1.19. The Hall–Kier alpha value is -0.630. The van der Waals surface area contributed by atoms with Gasteiger partial charge in [0.2, 0.25) is 0 Å². The van der Waals surface area contributed by atoms with Gasteiger partial charge in [0.05, 0.1) is 16.9 Å². The van der Waals surface area contributed by atoms with Gasteiger partial charge in [-0.25, -0.2) is 4.39 Å². The molecule has 0 radical (unpaired) electrons. The zero-order valence-corrected chi connectivity index (χ0v) is 8.11. The van der Waals surface area contributed by atoms with Gasteiger partial charge in [-0.2, -0.15) is 0 Å². The molecule has 66 valence electrons. The normalized spacial score (nSPS) is 11.8. The number of hydrogen-bond donors (Lipinski definition) is 0. The second-order valence-electron chi connectivity index (χ2n) is 3.73. The molecule has 3 heteroatoms. The van der Waals surface area contributed by atoms with E-state index in [9.17, 15) is 4.39 Å². The molecular weight excluding hydrogens is 177 g/mol. The fourth-order valence-electron chi connectivity index (χ4n) is 0.966. The van der Waals surface area contributed by atoms with Gasteiger partial charge in [0.25, 0.3) is 0 Å². The molecule has 0 aromatic carbocycles. The molecule has 12 heavy (non-hydrogen) atoms. The van der Waals surface area contributed by atoms with Crippen molar-refractivity contribution in [2.24, 2.45) is 0 Å². The Bertz CT molecular complexity index is 291. The van der Waals surface area contributed by atoms with E-state index in [1.165, 1.54) is 12.3 Å². The van der Waals surface area contributed by atoms with Gasteiger partial charge in [-0.1, -0.05) is 32.4 Å². The Morgan fingerprint density at radius 2 is 2.00 bits per heavy atom. The van der Waals surface area contributed by atoms with E-state index < -0.39 is 5.82 Å². The fraction of sp³-hybridized carbons (Fsp3) is 0.444. The summed E-state index contributed by atoms with van der Waals surface area (Å²) < 4.78 is 12.6. The van der Waals surface area contributed by atoms with Gasteiger partial charge in [-0.3, -0.25) is 4.98 Å². The maximum atomic E-state index is 12.6. The highest BCUT2D eigenvalue weighted by Gasteiger charge is 2.18. The summed E-state index contributed by atoms with van der Waals surface area (Å²) >= 11 is 5.81. The van der Waals surface area contributed by atoms with Crippen LogP contribution in [0.15, 0.2) is 12.3 Å². The Morgan fingerprint density at radius 1 is 1.42 bits per heavy atom. The Morgan fingerprint density at radius 3 is 2.42 bits per heavy atom. The van der Waals surface area contributed by atoms with E-state index in [1.807, 2.05) is 20.8 Å². The molecule has 0 saturated carbocycles. The molecule has 0 aliphatic rings. The van der Waals surface area contributed by atoms with Crippen LogP contribution in [0.4, 0.5) is 4.39 Å². The van der Waals surface area contributed by atoms with Crippen molar-refractivity contribution in [1.82, 2.24) is 4.98 Å². The van der Waals surface area contributed by atoms with Crippen LogP contribution < -0.4 is 0 Å². The number of rotatable bonds is 0. The minimum absolute atomic E-state index is 0.134. The minimum Gasteiger partial charge on any atom is -0.256 e. The lowest BCUT2D eigenvalue weighted by Gasteiger charge is -2.18. The van der Waals surface area contributed by atoms with E-state index in [0.29, 0.717) is 5.02 Å². The highest BCUT2D eigenvalue weighted by molar-refractivity contribution is 6.31. The van der Waals surface area contributed by atoms with Gasteiger partial charge in [0.15, 0.2) is 0 Å². The lowest BCUT2D eigenvalue weighted by atomic mass is 9.92. The quantitative estimate of drug-likeness (QED) is 0.608. The molecule has 0 atom stereocenters. The first-order valence-electron chi connectivity index (χ1n) is 3.73. The zero-order valence-electron chi connectivity index (χ0n) is 7.36. The summed E-state index contributed by atoms with van der Waals surface area (Å²) in [5.41, 5.74) is 0.593. The zero-order chi connectivity index (χ0) is 9.35. The number of aromatic nitrogens is 1. The predicted octanol–water partition coefficient (Wildman–Crippen LogP) is 3.17. The predicted molar refractivity (Wildman–Crippen MR) is 47.9 cm³/mol. The van der Waals surface area contributed by atoms with Crippen molar-refractivity contribution in [2.75, 3.05) is 0 Å². The van der Waals surface area contributed by atoms with Gasteiger partial charge in [-0.15, -0.1) is 0 Å². The minimum atomic E-state index is -0.395. The van der Waals surface area contributed by atoms with Crippen molar-refractivity contribution in [1.29, 1.82) is 0 Å². The van der Waals surface area contributed by atoms with E-state index in [-0.39, 0.29) is 5.41 Å². The molecule has 0 fully saturated rings. The Kier molecular flexibility index (Phi) is 2.38. The largest absolute Gasteiger partial charge is 0.256 e. The maximum Gasteiger partial charge on any atom is 0.142 e. The van der Waals surface area contributed by atoms with Crippen molar-refractivity contribution in [3.8, 4) is 0 Å². The summed E-state index contributed by atoms with van der Waals surface area (Å²) in [6, 6.07) is 1.29. The summed E-state index contributed by atoms with van der Waals surface area (Å²) in [5, 5.41) is 0.391. The second-order valence-corrected chi connectivity index (χ2v) is 4.14. The molecule has 1 aromatic rings. The van der Waals surface area contributed by atoms with Gasteiger partial charge in [0.1, 0.15) is 5.82 Å². The molecule has 0 unspecified atom stereocenters. The van der Waals surface area contributed by atoms with Crippen LogP contribution in [0.5, 0.6) is 0 Å². The van der Waals surface area contributed by atoms with Gasteiger partial charge in [0, 0.05) is 5.41 Å². The van der Waals surface area contributed by atoms with Crippen molar-refractivity contribution in [3.63, 3.8) is 0 Å². The smallest absolute Gasteiger partial charge is 0.142 e. The molecule has 0 N–H and O–H groups in total. The average Bonchev–Trinajstić information content (AvgIpc) is 1.83. The Balaban J connectivity index is 3.19. The standard InChI is InChI=1S/C9H11ClFN/c1-9(2,3)8-7(10)4-6(11)5-12-8/h4-5H,1-3H3. The molecule has 0 saturated heterocycles. The fourth-order valence-corrected chi connectivity index (χ4v) is 1.40. The molecule has 0 aliphatic carbocycles. The number of pyridine rings is 1. The van der Waals surface area contributed by atoms with Crippen molar-refractivity contribution in [3.05, 3.63) is 28.8 Å². The summed E-state index contributed by atoms with van der Waals surface area (Å²) in [5.74, 6) is -0.395. The first-order chi connectivity index (χ1) is 5.41. The third kappa shape index (κ3) is 1.95. The molecule has 1 rings (SSSR count). The number of halogens is 2. The molecule has 1 nitrogen and oxygen atoms in total. The third-order valence-electron chi connectivity index (χ3n) is 1.52. The third-order valence-corrected chi connectivity index (χ3v) is 1.81. The Labute approximate surface area is 76.6 Å². The number of nitrogens with zero attached hydrogens (tertiary/aromatic N) is 1. The molecule has 1 heterocycles. The van der Waals surface area contributed by atoms with Crippen molar-refractivity contribution >= 4 is 11.6 Å². The molecule has 1 aromatic heterocycles. The topological polar surface area (TPSA) is 12.9 Å². The van der Waals surface area contributed by atoms with Gasteiger partial charge >= 0.3 is 0 Å². The SMILES string of the molecule is CC(C)(C)c1ncc(F)cc1Cl. The maximum absolute atomic E-state index is 12.6. The lowest BCUT2D eigenvalue weighted by molar-refractivity contribution is 0.558. The molecule has 0 bridgehead atoms. The van der Waals surface area contributed by atoms with Gasteiger partial charge in [-0.05, 0) is 6.07 Å². The van der Waals surface area contributed by atoms with Crippen LogP contribution in [0.1, 0.15) is 26.5 Å². The van der Waals surface area contributed by atoms with Crippen LogP contribution in [0.25, 0.3) is 0 Å². The monoisotopic (exact) mass is 187 g/mol. The van der Waals surface area contributed by atoms with Crippen LogP contribution in [0, 0.1) is 5.82 Å². The van der Waals surface area contributed by atoms with Crippen LogP contribution in [-0.2, 0) is 5.41 Å². The summed E-state index contributed by atoms with van der Waals surface area (Å²) in [4.78, 5) is 3.94. The van der Waals surface area contributed by atoms with E-state index in [1.54, 1.807) is 0 Å². The van der Waals surface area contributed by atoms with Crippen LogP contribution in [0.3, 0.4) is 0 Å². The first-order valence-corrected chi connectivity index (χ1v) is 4.10. The van der Waals surface area contributed by atoms with E-state index in [2.05, 4.69) is 4.98 Å². The molecule has 0 aliphatic heterocycles. The highest BCUT2D eigenvalue weighted by Crippen LogP contribution is 2.27. The summed E-state index contributed by atoms with van der Waals surface area (Å²) in [7, 11) is 0. The van der Waals surface area contributed by atoms with Gasteiger partial charge < -0.3 is 0 Å². The van der Waals surface area contributed by atoms with E-state index in [4.69, 9.17) is 11.6 Å². The van der Waals surface area contributed by atoms with E-state index in [0.717, 1.165) is 5.69 Å². The van der Waals surface area contributed by atoms with Crippen molar-refractivity contribution < 1.29 is 4.39 Å². The average molecular weight is 188 g/mol. The molecule has 0 spiro atoms. The second kappa shape index (κ2) is 3.02. The van der Waals surface area contributed by atoms with Crippen LogP contribution >= 0.6 is 11.6 Å². The highest BCUT2D eigenvalue weighted by atomic mass is 35.5. The molecular formula is C9H11ClFN. The lowest BCUT2D eigenvalue weighted by Crippen LogP contribution is -2.14.